The van der Waals surface area contributed by atoms with Gasteiger partial charge in [-0.25, -0.2) is 4.79 Å². The van der Waals surface area contributed by atoms with Crippen LogP contribution in [-0.2, 0) is 17.6 Å². The third-order valence-corrected chi connectivity index (χ3v) is 4.37. The summed E-state index contributed by atoms with van der Waals surface area (Å²) in [5, 5.41) is 11.8. The second-order valence-corrected chi connectivity index (χ2v) is 6.05. The Balaban J connectivity index is 1.91. The maximum atomic E-state index is 12.4. The van der Waals surface area contributed by atoms with Gasteiger partial charge in [0.25, 0.3) is 0 Å². The predicted octanol–water partition coefficient (Wildman–Crippen LogP) is 2.09. The van der Waals surface area contributed by atoms with Crippen LogP contribution in [0.1, 0.15) is 22.7 Å². The van der Waals surface area contributed by atoms with Gasteiger partial charge in [-0.1, -0.05) is 36.4 Å². The minimum absolute atomic E-state index is 0.0325. The lowest BCUT2D eigenvalue weighted by atomic mass is 9.97. The molecular weight excluding hydrogens is 318 g/mol. The topological polar surface area (TPSA) is 95.7 Å². The van der Waals surface area contributed by atoms with Crippen molar-refractivity contribution in [3.05, 3.63) is 65.2 Å². The number of hydrogen-bond donors (Lipinski definition) is 3. The molecule has 130 valence electrons. The second kappa shape index (κ2) is 7.36. The zero-order chi connectivity index (χ0) is 17.8. The Morgan fingerprint density at radius 3 is 2.60 bits per heavy atom. The van der Waals surface area contributed by atoms with Crippen molar-refractivity contribution in [2.24, 2.45) is 5.73 Å². The highest BCUT2D eigenvalue weighted by Crippen LogP contribution is 2.32. The van der Waals surface area contributed by atoms with Crippen LogP contribution in [0.15, 0.2) is 48.5 Å². The number of nitrogens with one attached hydrogen (secondary N) is 1. The summed E-state index contributed by atoms with van der Waals surface area (Å²) >= 11 is 0. The number of carboxylic acid groups (broad SMARTS) is 1. The van der Waals surface area contributed by atoms with E-state index in [4.69, 9.17) is 10.8 Å². The molecule has 0 saturated carbocycles. The molecule has 1 unspecified atom stereocenters. The van der Waals surface area contributed by atoms with E-state index in [1.807, 2.05) is 24.3 Å². The van der Waals surface area contributed by atoms with Gasteiger partial charge in [0.15, 0.2) is 0 Å². The molecular formula is C19H21N3O3. The lowest BCUT2D eigenvalue weighted by Crippen LogP contribution is -2.30. The SMILES string of the molecule is NCCc1ccccc1C1CNC(=O)N1c1ccc(CC(=O)O)cc1. The largest absolute Gasteiger partial charge is 0.481 e. The number of hydrogen-bond acceptors (Lipinski definition) is 3. The van der Waals surface area contributed by atoms with Gasteiger partial charge < -0.3 is 16.2 Å². The third-order valence-electron chi connectivity index (χ3n) is 4.37. The zero-order valence-corrected chi connectivity index (χ0v) is 13.8. The maximum absolute atomic E-state index is 12.4. The molecule has 0 bridgehead atoms. The molecule has 0 aliphatic carbocycles. The first-order valence-corrected chi connectivity index (χ1v) is 8.26. The van der Waals surface area contributed by atoms with Crippen molar-refractivity contribution in [2.75, 3.05) is 18.0 Å². The number of urea groups is 1. The number of benzene rings is 2. The van der Waals surface area contributed by atoms with Crippen molar-refractivity contribution in [1.29, 1.82) is 0 Å². The minimum Gasteiger partial charge on any atom is -0.481 e. The molecule has 0 radical (unpaired) electrons. The molecule has 1 aliphatic heterocycles. The molecule has 1 saturated heterocycles. The van der Waals surface area contributed by atoms with Gasteiger partial charge in [-0.05, 0) is 41.8 Å². The molecule has 6 nitrogen and oxygen atoms in total. The molecule has 0 spiro atoms. The van der Waals surface area contributed by atoms with Gasteiger partial charge in [-0.15, -0.1) is 0 Å². The predicted molar refractivity (Wildman–Crippen MR) is 95.6 cm³/mol. The van der Waals surface area contributed by atoms with Crippen molar-refractivity contribution in [2.45, 2.75) is 18.9 Å². The van der Waals surface area contributed by atoms with Crippen molar-refractivity contribution in [1.82, 2.24) is 5.32 Å². The highest BCUT2D eigenvalue weighted by molar-refractivity contribution is 5.95. The second-order valence-electron chi connectivity index (χ2n) is 6.05. The maximum Gasteiger partial charge on any atom is 0.322 e. The number of nitrogens with two attached hydrogens (primary N) is 1. The van der Waals surface area contributed by atoms with Crippen LogP contribution in [0.25, 0.3) is 0 Å². The van der Waals surface area contributed by atoms with Crippen LogP contribution in [0.2, 0.25) is 0 Å². The fourth-order valence-corrected chi connectivity index (χ4v) is 3.24. The van der Waals surface area contributed by atoms with E-state index in [2.05, 4.69) is 5.32 Å². The smallest absolute Gasteiger partial charge is 0.322 e. The number of anilines is 1. The fraction of sp³-hybridized carbons (Fsp3) is 0.263. The van der Waals surface area contributed by atoms with E-state index >= 15 is 0 Å². The van der Waals surface area contributed by atoms with E-state index in [0.29, 0.717) is 18.7 Å². The van der Waals surface area contributed by atoms with Crippen LogP contribution in [-0.4, -0.2) is 30.2 Å². The summed E-state index contributed by atoms with van der Waals surface area (Å²) in [5.41, 5.74) is 9.39. The number of carbonyl (C=O) groups excluding carboxylic acids is 1. The van der Waals surface area contributed by atoms with Crippen LogP contribution in [0.5, 0.6) is 0 Å². The Morgan fingerprint density at radius 2 is 1.92 bits per heavy atom. The van der Waals surface area contributed by atoms with Gasteiger partial charge >= 0.3 is 12.0 Å². The van der Waals surface area contributed by atoms with Crippen LogP contribution in [0.4, 0.5) is 10.5 Å². The van der Waals surface area contributed by atoms with E-state index in [-0.39, 0.29) is 18.5 Å². The van der Waals surface area contributed by atoms with Crippen LogP contribution < -0.4 is 16.0 Å². The first-order valence-electron chi connectivity index (χ1n) is 8.26. The monoisotopic (exact) mass is 339 g/mol. The summed E-state index contributed by atoms with van der Waals surface area (Å²) in [6.45, 7) is 1.08. The molecule has 1 aliphatic rings. The molecule has 1 heterocycles. The van der Waals surface area contributed by atoms with Crippen LogP contribution in [0.3, 0.4) is 0 Å². The molecule has 2 aromatic carbocycles. The Morgan fingerprint density at radius 1 is 1.20 bits per heavy atom. The molecule has 2 amide bonds. The lowest BCUT2D eigenvalue weighted by Gasteiger charge is -2.25. The summed E-state index contributed by atoms with van der Waals surface area (Å²) in [7, 11) is 0. The molecule has 3 rings (SSSR count). The first-order chi connectivity index (χ1) is 12.1. The average Bonchev–Trinajstić information content (AvgIpc) is 2.97. The molecule has 1 atom stereocenters. The summed E-state index contributed by atoms with van der Waals surface area (Å²) in [5.74, 6) is -0.875. The van der Waals surface area contributed by atoms with E-state index in [1.54, 1.807) is 29.2 Å². The number of nitrogens with zero attached hydrogens (tertiary/aromatic N) is 1. The fourth-order valence-electron chi connectivity index (χ4n) is 3.24. The molecule has 2 aromatic rings. The van der Waals surface area contributed by atoms with Crippen molar-refractivity contribution >= 4 is 17.7 Å². The van der Waals surface area contributed by atoms with Gasteiger partial charge in [0.2, 0.25) is 0 Å². The number of carbonyl (C=O) groups is 2. The van der Waals surface area contributed by atoms with Crippen molar-refractivity contribution < 1.29 is 14.7 Å². The molecule has 25 heavy (non-hydrogen) atoms. The summed E-state index contributed by atoms with van der Waals surface area (Å²) in [6.07, 6.45) is 0.724. The van der Waals surface area contributed by atoms with Gasteiger partial charge in [-0.2, -0.15) is 0 Å². The Hall–Kier alpha value is -2.86. The van der Waals surface area contributed by atoms with Gasteiger partial charge in [0.05, 0.1) is 12.5 Å². The van der Waals surface area contributed by atoms with E-state index in [0.717, 1.165) is 23.2 Å². The van der Waals surface area contributed by atoms with Crippen LogP contribution >= 0.6 is 0 Å². The van der Waals surface area contributed by atoms with Crippen LogP contribution in [0, 0.1) is 0 Å². The average molecular weight is 339 g/mol. The number of amides is 2. The lowest BCUT2D eigenvalue weighted by molar-refractivity contribution is -0.136. The Labute approximate surface area is 146 Å². The van der Waals surface area contributed by atoms with Crippen molar-refractivity contribution in [3.8, 4) is 0 Å². The van der Waals surface area contributed by atoms with Crippen molar-refractivity contribution in [3.63, 3.8) is 0 Å². The number of rotatable bonds is 6. The first kappa shape index (κ1) is 17.0. The number of carboxylic acids is 1. The summed E-state index contributed by atoms with van der Waals surface area (Å²) in [4.78, 5) is 24.9. The highest BCUT2D eigenvalue weighted by Gasteiger charge is 2.34. The summed E-state index contributed by atoms with van der Waals surface area (Å²) in [6, 6.07) is 14.8. The standard InChI is InChI=1S/C19H21N3O3/c20-10-9-14-3-1-2-4-16(14)17-12-21-19(25)22(17)15-7-5-13(6-8-15)11-18(23)24/h1-8,17H,9-12,20H2,(H,21,25)(H,23,24). The van der Waals surface area contributed by atoms with Gasteiger partial charge in [0.1, 0.15) is 0 Å². The summed E-state index contributed by atoms with van der Waals surface area (Å²) < 4.78 is 0. The van der Waals surface area contributed by atoms with Gasteiger partial charge in [-0.3, -0.25) is 9.69 Å². The molecule has 6 heteroatoms. The minimum atomic E-state index is -0.875. The number of aliphatic carboxylic acids is 1. The van der Waals surface area contributed by atoms with E-state index in [1.165, 1.54) is 0 Å². The Kier molecular flexibility index (Phi) is 5.00. The van der Waals surface area contributed by atoms with Gasteiger partial charge in [0, 0.05) is 12.2 Å². The molecule has 1 fully saturated rings. The normalized spacial score (nSPS) is 16.8. The quantitative estimate of drug-likeness (QED) is 0.751. The molecule has 4 N–H and O–H groups in total. The van der Waals surface area contributed by atoms with E-state index in [9.17, 15) is 9.59 Å². The third kappa shape index (κ3) is 3.64. The highest BCUT2D eigenvalue weighted by atomic mass is 16.4. The Bertz CT molecular complexity index is 774. The van der Waals surface area contributed by atoms with E-state index < -0.39 is 5.97 Å². The molecule has 0 aromatic heterocycles. The zero-order valence-electron chi connectivity index (χ0n) is 13.8.